The first-order valence-corrected chi connectivity index (χ1v) is 6.70. The number of nitrogens with one attached hydrogen (secondary N) is 2. The molecule has 1 saturated heterocycles. The number of rotatable bonds is 3. The summed E-state index contributed by atoms with van der Waals surface area (Å²) in [5.41, 5.74) is 1.88. The first-order chi connectivity index (χ1) is 8.96. The van der Waals surface area contributed by atoms with E-state index in [4.69, 9.17) is 0 Å². The molecule has 0 aromatic rings. The van der Waals surface area contributed by atoms with Crippen molar-refractivity contribution >= 4 is 5.91 Å². The van der Waals surface area contributed by atoms with Gasteiger partial charge in [0.15, 0.2) is 6.61 Å². The van der Waals surface area contributed by atoms with E-state index in [0.717, 1.165) is 19.3 Å². The van der Waals surface area contributed by atoms with Crippen LogP contribution in [0.3, 0.4) is 0 Å². The molecule has 2 fully saturated rings. The van der Waals surface area contributed by atoms with E-state index < -0.39 is 24.7 Å². The number of piperidine rings is 1. The van der Waals surface area contributed by atoms with Gasteiger partial charge in [0.2, 0.25) is 0 Å². The van der Waals surface area contributed by atoms with Crippen LogP contribution in [0.15, 0.2) is 0 Å². The van der Waals surface area contributed by atoms with Crippen molar-refractivity contribution in [1.82, 2.24) is 10.8 Å². The number of halogens is 3. The molecule has 2 aliphatic rings. The summed E-state index contributed by atoms with van der Waals surface area (Å²) in [6.45, 7) is -1.46. The van der Waals surface area contributed by atoms with Crippen LogP contribution in [-0.2, 0) is 9.63 Å². The number of hydroxylamine groups is 1. The summed E-state index contributed by atoms with van der Waals surface area (Å²) in [5.74, 6) is 0.0992. The second kappa shape index (κ2) is 6.09. The van der Waals surface area contributed by atoms with Gasteiger partial charge in [-0.1, -0.05) is 12.8 Å². The predicted molar refractivity (Wildman–Crippen MR) is 62.1 cm³/mol. The van der Waals surface area contributed by atoms with E-state index in [0.29, 0.717) is 18.4 Å². The molecule has 2 N–H and O–H groups in total. The van der Waals surface area contributed by atoms with Gasteiger partial charge in [-0.25, -0.2) is 5.48 Å². The Morgan fingerprint density at radius 3 is 2.68 bits per heavy atom. The van der Waals surface area contributed by atoms with E-state index in [1.807, 2.05) is 5.48 Å². The molecule has 3 atom stereocenters. The van der Waals surface area contributed by atoms with Gasteiger partial charge >= 0.3 is 6.18 Å². The van der Waals surface area contributed by atoms with E-state index >= 15 is 0 Å². The van der Waals surface area contributed by atoms with Gasteiger partial charge in [-0.15, -0.1) is 0 Å². The Bertz CT molecular complexity index is 323. The van der Waals surface area contributed by atoms with Crippen molar-refractivity contribution in [3.05, 3.63) is 0 Å². The van der Waals surface area contributed by atoms with Gasteiger partial charge in [0, 0.05) is 6.04 Å². The number of alkyl halides is 3. The lowest BCUT2D eigenvalue weighted by Gasteiger charge is -2.39. The molecule has 0 aromatic carbocycles. The van der Waals surface area contributed by atoms with Gasteiger partial charge in [0.25, 0.3) is 5.91 Å². The van der Waals surface area contributed by atoms with Crippen molar-refractivity contribution < 1.29 is 22.8 Å². The summed E-state index contributed by atoms with van der Waals surface area (Å²) in [5, 5.41) is 3.23. The van der Waals surface area contributed by atoms with Crippen molar-refractivity contribution in [1.29, 1.82) is 0 Å². The highest BCUT2D eigenvalue weighted by atomic mass is 19.4. The third kappa shape index (κ3) is 4.35. The second-order valence-electron chi connectivity index (χ2n) is 5.32. The Balaban J connectivity index is 1.74. The molecule has 2 rings (SSSR count). The highest BCUT2D eigenvalue weighted by molar-refractivity contribution is 5.80. The van der Waals surface area contributed by atoms with E-state index in [9.17, 15) is 18.0 Å². The first-order valence-electron chi connectivity index (χ1n) is 6.70. The third-order valence-corrected chi connectivity index (χ3v) is 3.88. The monoisotopic (exact) mass is 280 g/mol. The van der Waals surface area contributed by atoms with E-state index in [1.54, 1.807) is 0 Å². The molecule has 0 spiro atoms. The number of hydrogen-bond acceptors (Lipinski definition) is 3. The maximum Gasteiger partial charge on any atom is 0.414 e. The summed E-state index contributed by atoms with van der Waals surface area (Å²) in [6.07, 6.45) is 1.77. The third-order valence-electron chi connectivity index (χ3n) is 3.88. The number of carbonyl (C=O) groups is 1. The average molecular weight is 280 g/mol. The highest BCUT2D eigenvalue weighted by Gasteiger charge is 2.35. The fourth-order valence-corrected chi connectivity index (χ4v) is 2.96. The molecule has 1 amide bonds. The molecule has 1 aliphatic heterocycles. The SMILES string of the molecule is O=C(NOCC(F)(F)F)C1CCC2CCCCC2N1. The van der Waals surface area contributed by atoms with Crippen LogP contribution in [0.5, 0.6) is 0 Å². The van der Waals surface area contributed by atoms with Crippen LogP contribution in [0.25, 0.3) is 0 Å². The Morgan fingerprint density at radius 1 is 1.21 bits per heavy atom. The zero-order chi connectivity index (χ0) is 13.9. The van der Waals surface area contributed by atoms with Crippen LogP contribution >= 0.6 is 0 Å². The van der Waals surface area contributed by atoms with Crippen LogP contribution in [0.4, 0.5) is 13.2 Å². The second-order valence-corrected chi connectivity index (χ2v) is 5.32. The van der Waals surface area contributed by atoms with Crippen molar-refractivity contribution in [2.75, 3.05) is 6.61 Å². The van der Waals surface area contributed by atoms with E-state index in [1.165, 1.54) is 12.8 Å². The van der Waals surface area contributed by atoms with Crippen LogP contribution < -0.4 is 10.8 Å². The number of amides is 1. The van der Waals surface area contributed by atoms with Crippen molar-refractivity contribution in [2.45, 2.75) is 56.8 Å². The molecule has 110 valence electrons. The molecule has 1 aliphatic carbocycles. The Labute approximate surface area is 110 Å². The van der Waals surface area contributed by atoms with Crippen LogP contribution in [0.2, 0.25) is 0 Å². The Hall–Kier alpha value is -0.820. The first kappa shape index (κ1) is 14.6. The lowest BCUT2D eigenvalue weighted by Crippen LogP contribution is -2.55. The molecule has 1 saturated carbocycles. The summed E-state index contributed by atoms with van der Waals surface area (Å²) in [7, 11) is 0. The Kier molecular flexibility index (Phi) is 4.67. The summed E-state index contributed by atoms with van der Waals surface area (Å²) in [4.78, 5) is 15.9. The summed E-state index contributed by atoms with van der Waals surface area (Å²) in [6, 6.07) is -0.117. The topological polar surface area (TPSA) is 50.4 Å². The van der Waals surface area contributed by atoms with Gasteiger partial charge in [-0.3, -0.25) is 9.63 Å². The lowest BCUT2D eigenvalue weighted by atomic mass is 9.78. The average Bonchev–Trinajstić information content (AvgIpc) is 2.36. The minimum Gasteiger partial charge on any atom is -0.303 e. The van der Waals surface area contributed by atoms with Gasteiger partial charge in [-0.2, -0.15) is 13.2 Å². The zero-order valence-electron chi connectivity index (χ0n) is 10.6. The Morgan fingerprint density at radius 2 is 1.95 bits per heavy atom. The van der Waals surface area contributed by atoms with Gasteiger partial charge in [0.1, 0.15) is 0 Å². The molecule has 4 nitrogen and oxygen atoms in total. The fourth-order valence-electron chi connectivity index (χ4n) is 2.96. The largest absolute Gasteiger partial charge is 0.414 e. The minimum absolute atomic E-state index is 0.320. The quantitative estimate of drug-likeness (QED) is 0.776. The van der Waals surface area contributed by atoms with E-state index in [2.05, 4.69) is 10.2 Å². The van der Waals surface area contributed by atoms with Crippen molar-refractivity contribution in [3.63, 3.8) is 0 Å². The minimum atomic E-state index is -4.43. The maximum atomic E-state index is 11.9. The smallest absolute Gasteiger partial charge is 0.303 e. The maximum absolute atomic E-state index is 11.9. The standard InChI is InChI=1S/C12H19F3N2O2/c13-12(14,15)7-19-17-11(18)10-6-5-8-3-1-2-4-9(8)16-10/h8-10,16H,1-7H2,(H,17,18). The number of fused-ring (bicyclic) bond motifs is 1. The van der Waals surface area contributed by atoms with Crippen LogP contribution in [0, 0.1) is 5.92 Å². The summed E-state index contributed by atoms with van der Waals surface area (Å²) < 4.78 is 35.6. The fraction of sp³-hybridized carbons (Fsp3) is 0.917. The van der Waals surface area contributed by atoms with Crippen molar-refractivity contribution in [3.8, 4) is 0 Å². The zero-order valence-corrected chi connectivity index (χ0v) is 10.6. The molecule has 0 aromatic heterocycles. The molecule has 1 heterocycles. The lowest BCUT2D eigenvalue weighted by molar-refractivity contribution is -0.192. The molecule has 7 heteroatoms. The summed E-state index contributed by atoms with van der Waals surface area (Å²) >= 11 is 0. The van der Waals surface area contributed by atoms with Gasteiger partial charge in [0.05, 0.1) is 6.04 Å². The normalized spacial score (nSPS) is 31.6. The molecule has 0 bridgehead atoms. The molecular weight excluding hydrogens is 261 g/mol. The number of carbonyl (C=O) groups excluding carboxylic acids is 1. The molecule has 19 heavy (non-hydrogen) atoms. The van der Waals surface area contributed by atoms with E-state index in [-0.39, 0.29) is 0 Å². The molecule has 3 unspecified atom stereocenters. The van der Waals surface area contributed by atoms with Crippen LogP contribution in [-0.4, -0.2) is 30.8 Å². The highest BCUT2D eigenvalue weighted by Crippen LogP contribution is 2.32. The molecular formula is C12H19F3N2O2. The van der Waals surface area contributed by atoms with Crippen LogP contribution in [0.1, 0.15) is 38.5 Å². The molecule has 0 radical (unpaired) electrons. The van der Waals surface area contributed by atoms with Gasteiger partial charge < -0.3 is 5.32 Å². The van der Waals surface area contributed by atoms with Gasteiger partial charge in [-0.05, 0) is 31.6 Å². The van der Waals surface area contributed by atoms with Crippen molar-refractivity contribution in [2.24, 2.45) is 5.92 Å². The number of hydrogen-bond donors (Lipinski definition) is 2. The predicted octanol–water partition coefficient (Wildman–Crippen LogP) is 1.91.